The third-order valence-corrected chi connectivity index (χ3v) is 6.57. The number of methoxy groups -OCH3 is 1. The molecule has 2 aromatic rings. The number of piperazine rings is 1. The summed E-state index contributed by atoms with van der Waals surface area (Å²) in [6, 6.07) is 14.5. The van der Waals surface area contributed by atoms with E-state index >= 15 is 0 Å². The Morgan fingerprint density at radius 2 is 1.74 bits per heavy atom. The van der Waals surface area contributed by atoms with Gasteiger partial charge in [-0.3, -0.25) is 19.4 Å². The second-order valence-electron chi connectivity index (χ2n) is 8.46. The summed E-state index contributed by atoms with van der Waals surface area (Å²) in [6.45, 7) is 5.75. The Balaban J connectivity index is 1.41. The summed E-state index contributed by atoms with van der Waals surface area (Å²) in [5, 5.41) is 3.45. The molecule has 1 N–H and O–H groups in total. The van der Waals surface area contributed by atoms with Crippen molar-refractivity contribution in [1.29, 1.82) is 0 Å². The quantitative estimate of drug-likeness (QED) is 0.648. The van der Waals surface area contributed by atoms with Gasteiger partial charge in [-0.25, -0.2) is 0 Å². The van der Waals surface area contributed by atoms with Gasteiger partial charge in [-0.1, -0.05) is 41.9 Å². The van der Waals surface area contributed by atoms with Crippen LogP contribution in [0.4, 0.5) is 5.69 Å². The summed E-state index contributed by atoms with van der Waals surface area (Å²) in [7, 11) is 1.55. The monoisotopic (exact) mass is 486 g/mol. The van der Waals surface area contributed by atoms with E-state index < -0.39 is 6.04 Å². The molecule has 1 atom stereocenters. The molecular weight excluding hydrogens is 456 g/mol. The summed E-state index contributed by atoms with van der Waals surface area (Å²) in [5.74, 6) is 0.581. The number of amides is 2. The smallest absolute Gasteiger partial charge is 0.246 e. The molecule has 0 spiro atoms. The molecule has 2 fully saturated rings. The number of benzene rings is 2. The predicted molar refractivity (Wildman–Crippen MR) is 131 cm³/mol. The number of hydrogen-bond donors (Lipinski definition) is 1. The highest BCUT2D eigenvalue weighted by molar-refractivity contribution is 6.32. The van der Waals surface area contributed by atoms with Gasteiger partial charge in [-0.05, 0) is 23.8 Å². The van der Waals surface area contributed by atoms with E-state index in [0.717, 1.165) is 18.7 Å². The average Bonchev–Trinajstić information content (AvgIpc) is 2.86. The van der Waals surface area contributed by atoms with E-state index in [1.165, 1.54) is 0 Å². The number of halogens is 1. The van der Waals surface area contributed by atoms with Crippen molar-refractivity contribution in [3.63, 3.8) is 0 Å². The van der Waals surface area contributed by atoms with Crippen molar-refractivity contribution in [2.75, 3.05) is 71.5 Å². The van der Waals surface area contributed by atoms with Crippen LogP contribution in [0.5, 0.6) is 5.75 Å². The zero-order valence-electron chi connectivity index (χ0n) is 19.4. The van der Waals surface area contributed by atoms with Crippen LogP contribution in [0, 0.1) is 0 Å². The zero-order valence-corrected chi connectivity index (χ0v) is 20.2. The van der Waals surface area contributed by atoms with Gasteiger partial charge in [-0.2, -0.15) is 0 Å². The standard InChI is InChI=1S/C25H31ClN4O4/c1-33-22-8-7-20(17-21(22)26)27-25(32)24(19-5-3-2-4-6-19)30-11-9-28(10-12-30)18-23(31)29-13-15-34-16-14-29/h2-8,17,24H,9-16,18H2,1H3,(H,27,32). The van der Waals surface area contributed by atoms with E-state index in [2.05, 4.69) is 15.1 Å². The average molecular weight is 487 g/mol. The van der Waals surface area contributed by atoms with Crippen LogP contribution in [0.15, 0.2) is 48.5 Å². The van der Waals surface area contributed by atoms with E-state index in [9.17, 15) is 9.59 Å². The van der Waals surface area contributed by atoms with Gasteiger partial charge in [0.25, 0.3) is 0 Å². The number of anilines is 1. The molecule has 0 saturated carbocycles. The fourth-order valence-electron chi connectivity index (χ4n) is 4.40. The molecular formula is C25H31ClN4O4. The maximum Gasteiger partial charge on any atom is 0.246 e. The number of carbonyl (C=O) groups excluding carboxylic acids is 2. The van der Waals surface area contributed by atoms with Gasteiger partial charge < -0.3 is 19.7 Å². The first-order valence-electron chi connectivity index (χ1n) is 11.6. The molecule has 2 amide bonds. The number of carbonyl (C=O) groups is 2. The van der Waals surface area contributed by atoms with Crippen molar-refractivity contribution in [2.45, 2.75) is 6.04 Å². The number of hydrogen-bond acceptors (Lipinski definition) is 6. The van der Waals surface area contributed by atoms with Crippen molar-refractivity contribution < 1.29 is 19.1 Å². The Hall–Kier alpha value is -2.65. The lowest BCUT2D eigenvalue weighted by Gasteiger charge is -2.39. The minimum atomic E-state index is -0.445. The lowest BCUT2D eigenvalue weighted by Crippen LogP contribution is -2.53. The molecule has 34 heavy (non-hydrogen) atoms. The molecule has 2 aliphatic heterocycles. The molecule has 2 aromatic carbocycles. The van der Waals surface area contributed by atoms with Crippen LogP contribution < -0.4 is 10.1 Å². The largest absolute Gasteiger partial charge is 0.495 e. The predicted octanol–water partition coefficient (Wildman–Crippen LogP) is 2.50. The maximum absolute atomic E-state index is 13.4. The number of ether oxygens (including phenoxy) is 2. The normalized spacial score (nSPS) is 18.4. The van der Waals surface area contributed by atoms with Crippen molar-refractivity contribution in [3.8, 4) is 5.75 Å². The summed E-state index contributed by atoms with van der Waals surface area (Å²) in [6.07, 6.45) is 0. The number of nitrogens with one attached hydrogen (secondary N) is 1. The molecule has 182 valence electrons. The molecule has 8 nitrogen and oxygen atoms in total. The van der Waals surface area contributed by atoms with Gasteiger partial charge in [0.1, 0.15) is 11.8 Å². The van der Waals surface area contributed by atoms with Gasteiger partial charge in [-0.15, -0.1) is 0 Å². The highest BCUT2D eigenvalue weighted by Gasteiger charge is 2.31. The van der Waals surface area contributed by atoms with E-state index in [1.807, 2.05) is 35.2 Å². The summed E-state index contributed by atoms with van der Waals surface area (Å²) in [5.41, 5.74) is 1.55. The van der Waals surface area contributed by atoms with E-state index in [-0.39, 0.29) is 11.8 Å². The van der Waals surface area contributed by atoms with Crippen molar-refractivity contribution in [3.05, 3.63) is 59.1 Å². The topological polar surface area (TPSA) is 74.4 Å². The third kappa shape index (κ3) is 6.07. The fourth-order valence-corrected chi connectivity index (χ4v) is 4.66. The second kappa shape index (κ2) is 11.7. The molecule has 2 aliphatic rings. The molecule has 0 aliphatic carbocycles. The summed E-state index contributed by atoms with van der Waals surface area (Å²) in [4.78, 5) is 32.3. The number of rotatable bonds is 7. The van der Waals surface area contributed by atoms with E-state index in [0.29, 0.717) is 62.4 Å². The molecule has 0 radical (unpaired) electrons. The van der Waals surface area contributed by atoms with Gasteiger partial charge in [0.05, 0.1) is 31.9 Å². The molecule has 9 heteroatoms. The Bertz CT molecular complexity index is 976. The lowest BCUT2D eigenvalue weighted by molar-refractivity contribution is -0.137. The maximum atomic E-state index is 13.4. The van der Waals surface area contributed by atoms with Crippen LogP contribution in [-0.2, 0) is 14.3 Å². The van der Waals surface area contributed by atoms with Gasteiger partial charge in [0, 0.05) is 45.0 Å². The first kappa shape index (κ1) is 24.5. The zero-order chi connectivity index (χ0) is 23.9. The van der Waals surface area contributed by atoms with Crippen molar-refractivity contribution in [1.82, 2.24) is 14.7 Å². The van der Waals surface area contributed by atoms with E-state index in [1.54, 1.807) is 25.3 Å². The fraction of sp³-hybridized carbons (Fsp3) is 0.440. The van der Waals surface area contributed by atoms with Gasteiger partial charge in [0.2, 0.25) is 11.8 Å². The molecule has 4 rings (SSSR count). The SMILES string of the molecule is COc1ccc(NC(=O)C(c2ccccc2)N2CCN(CC(=O)N3CCOCC3)CC2)cc1Cl. The number of nitrogens with zero attached hydrogens (tertiary/aromatic N) is 3. The van der Waals surface area contributed by atoms with Crippen LogP contribution in [0.2, 0.25) is 5.02 Å². The Kier molecular flexibility index (Phi) is 8.39. The molecule has 2 heterocycles. The Morgan fingerprint density at radius 1 is 1.03 bits per heavy atom. The molecule has 1 unspecified atom stereocenters. The first-order chi connectivity index (χ1) is 16.5. The van der Waals surface area contributed by atoms with Crippen LogP contribution >= 0.6 is 11.6 Å². The highest BCUT2D eigenvalue weighted by Crippen LogP contribution is 2.29. The van der Waals surface area contributed by atoms with E-state index in [4.69, 9.17) is 21.1 Å². The molecule has 0 bridgehead atoms. The summed E-state index contributed by atoms with van der Waals surface area (Å²) < 4.78 is 10.5. The summed E-state index contributed by atoms with van der Waals surface area (Å²) >= 11 is 6.24. The Labute approximate surface area is 205 Å². The van der Waals surface area contributed by atoms with Crippen LogP contribution in [0.25, 0.3) is 0 Å². The lowest BCUT2D eigenvalue weighted by atomic mass is 10.0. The van der Waals surface area contributed by atoms with Crippen molar-refractivity contribution >= 4 is 29.1 Å². The minimum absolute atomic E-state index is 0.120. The van der Waals surface area contributed by atoms with Crippen LogP contribution in [-0.4, -0.2) is 92.7 Å². The van der Waals surface area contributed by atoms with Crippen LogP contribution in [0.3, 0.4) is 0 Å². The highest BCUT2D eigenvalue weighted by atomic mass is 35.5. The first-order valence-corrected chi connectivity index (χ1v) is 11.9. The minimum Gasteiger partial charge on any atom is -0.495 e. The van der Waals surface area contributed by atoms with Gasteiger partial charge in [0.15, 0.2) is 0 Å². The van der Waals surface area contributed by atoms with Crippen LogP contribution in [0.1, 0.15) is 11.6 Å². The Morgan fingerprint density at radius 3 is 2.38 bits per heavy atom. The molecule has 2 saturated heterocycles. The molecule has 0 aromatic heterocycles. The second-order valence-corrected chi connectivity index (χ2v) is 8.86. The van der Waals surface area contributed by atoms with Crippen molar-refractivity contribution in [2.24, 2.45) is 0 Å². The third-order valence-electron chi connectivity index (χ3n) is 6.28. The van der Waals surface area contributed by atoms with Gasteiger partial charge >= 0.3 is 0 Å². The number of morpholine rings is 1.